The molecule has 1 aromatic carbocycles. The second-order valence-electron chi connectivity index (χ2n) is 5.18. The Bertz CT molecular complexity index is 325. The quantitative estimate of drug-likeness (QED) is 0.721. The van der Waals surface area contributed by atoms with Crippen molar-refractivity contribution in [2.24, 2.45) is 0 Å². The Morgan fingerprint density at radius 1 is 1.22 bits per heavy atom. The molecular weight excluding hydrogens is 226 g/mol. The highest BCUT2D eigenvalue weighted by molar-refractivity contribution is 5.20. The van der Waals surface area contributed by atoms with Gasteiger partial charge in [-0.25, -0.2) is 0 Å². The molecule has 0 heterocycles. The van der Waals surface area contributed by atoms with Crippen molar-refractivity contribution in [2.45, 2.75) is 38.8 Å². The molecule has 0 aliphatic heterocycles. The van der Waals surface area contributed by atoms with Gasteiger partial charge in [-0.2, -0.15) is 0 Å². The van der Waals surface area contributed by atoms with Crippen LogP contribution in [0.1, 0.15) is 27.2 Å². The molecular formula is C15H25NO2. The number of rotatable bonds is 8. The van der Waals surface area contributed by atoms with Crippen LogP contribution in [0.15, 0.2) is 30.3 Å². The molecule has 0 saturated carbocycles. The SMILES string of the molecule is COC(C)(C)CC(C)NCCOc1ccccc1. The monoisotopic (exact) mass is 251 g/mol. The third-order valence-corrected chi connectivity index (χ3v) is 2.96. The zero-order valence-electron chi connectivity index (χ0n) is 11.9. The van der Waals surface area contributed by atoms with Crippen LogP contribution in [0.5, 0.6) is 5.75 Å². The van der Waals surface area contributed by atoms with Crippen LogP contribution in [-0.4, -0.2) is 31.9 Å². The van der Waals surface area contributed by atoms with E-state index in [1.165, 1.54) is 0 Å². The maximum absolute atomic E-state index is 5.62. The van der Waals surface area contributed by atoms with E-state index in [1.54, 1.807) is 7.11 Å². The molecule has 3 heteroatoms. The lowest BCUT2D eigenvalue weighted by atomic mass is 10.00. The van der Waals surface area contributed by atoms with Crippen molar-refractivity contribution >= 4 is 0 Å². The zero-order chi connectivity index (χ0) is 13.4. The van der Waals surface area contributed by atoms with Gasteiger partial charge >= 0.3 is 0 Å². The molecule has 1 aromatic rings. The van der Waals surface area contributed by atoms with Gasteiger partial charge in [0.05, 0.1) is 5.60 Å². The minimum atomic E-state index is -0.0767. The average Bonchev–Trinajstić information content (AvgIpc) is 2.35. The molecule has 0 radical (unpaired) electrons. The summed E-state index contributed by atoms with van der Waals surface area (Å²) in [6, 6.07) is 10.3. The topological polar surface area (TPSA) is 30.5 Å². The van der Waals surface area contributed by atoms with Crippen molar-refractivity contribution in [3.63, 3.8) is 0 Å². The predicted octanol–water partition coefficient (Wildman–Crippen LogP) is 2.86. The Morgan fingerprint density at radius 3 is 2.50 bits per heavy atom. The Labute approximate surface area is 110 Å². The van der Waals surface area contributed by atoms with Crippen molar-refractivity contribution in [1.29, 1.82) is 0 Å². The van der Waals surface area contributed by atoms with Crippen LogP contribution < -0.4 is 10.1 Å². The normalized spacial score (nSPS) is 13.3. The molecule has 0 spiro atoms. The van der Waals surface area contributed by atoms with E-state index in [-0.39, 0.29) is 5.60 Å². The molecule has 18 heavy (non-hydrogen) atoms. The van der Waals surface area contributed by atoms with Crippen LogP contribution in [-0.2, 0) is 4.74 Å². The van der Waals surface area contributed by atoms with Crippen molar-refractivity contribution < 1.29 is 9.47 Å². The van der Waals surface area contributed by atoms with Gasteiger partial charge in [-0.3, -0.25) is 0 Å². The van der Waals surface area contributed by atoms with Crippen molar-refractivity contribution in [3.8, 4) is 5.75 Å². The van der Waals surface area contributed by atoms with E-state index < -0.39 is 0 Å². The number of nitrogens with one attached hydrogen (secondary N) is 1. The van der Waals surface area contributed by atoms with E-state index in [1.807, 2.05) is 30.3 Å². The first-order valence-electron chi connectivity index (χ1n) is 6.50. The van der Waals surface area contributed by atoms with Crippen LogP contribution in [0.25, 0.3) is 0 Å². The fraction of sp³-hybridized carbons (Fsp3) is 0.600. The van der Waals surface area contributed by atoms with E-state index in [2.05, 4.69) is 26.1 Å². The van der Waals surface area contributed by atoms with Crippen molar-refractivity contribution in [2.75, 3.05) is 20.3 Å². The van der Waals surface area contributed by atoms with Gasteiger partial charge in [-0.15, -0.1) is 0 Å². The molecule has 0 fully saturated rings. The van der Waals surface area contributed by atoms with Gasteiger partial charge < -0.3 is 14.8 Å². The molecule has 1 atom stereocenters. The Balaban J connectivity index is 2.14. The molecule has 0 aliphatic rings. The van der Waals surface area contributed by atoms with Gasteiger partial charge in [0, 0.05) is 19.7 Å². The highest BCUT2D eigenvalue weighted by Crippen LogP contribution is 2.15. The van der Waals surface area contributed by atoms with Crippen LogP contribution in [0.2, 0.25) is 0 Å². The number of benzene rings is 1. The van der Waals surface area contributed by atoms with Crippen molar-refractivity contribution in [3.05, 3.63) is 30.3 Å². The maximum Gasteiger partial charge on any atom is 0.119 e. The summed E-state index contributed by atoms with van der Waals surface area (Å²) in [4.78, 5) is 0. The molecule has 102 valence electrons. The largest absolute Gasteiger partial charge is 0.492 e. The third kappa shape index (κ3) is 6.03. The number of hydrogen-bond acceptors (Lipinski definition) is 3. The second-order valence-corrected chi connectivity index (χ2v) is 5.18. The lowest BCUT2D eigenvalue weighted by molar-refractivity contribution is 0.00839. The van der Waals surface area contributed by atoms with E-state index in [4.69, 9.17) is 9.47 Å². The molecule has 0 aliphatic carbocycles. The third-order valence-electron chi connectivity index (χ3n) is 2.96. The van der Waals surface area contributed by atoms with Gasteiger partial charge in [-0.05, 0) is 39.3 Å². The molecule has 0 aromatic heterocycles. The van der Waals surface area contributed by atoms with Gasteiger partial charge in [0.25, 0.3) is 0 Å². The molecule has 1 rings (SSSR count). The van der Waals surface area contributed by atoms with Gasteiger partial charge in [0.2, 0.25) is 0 Å². The minimum absolute atomic E-state index is 0.0767. The van der Waals surface area contributed by atoms with Gasteiger partial charge in [0.1, 0.15) is 12.4 Å². The number of hydrogen-bond donors (Lipinski definition) is 1. The minimum Gasteiger partial charge on any atom is -0.492 e. The highest BCUT2D eigenvalue weighted by Gasteiger charge is 2.19. The predicted molar refractivity (Wildman–Crippen MR) is 75.1 cm³/mol. The number of para-hydroxylation sites is 1. The highest BCUT2D eigenvalue weighted by atomic mass is 16.5. The summed E-state index contributed by atoms with van der Waals surface area (Å²) >= 11 is 0. The fourth-order valence-corrected chi connectivity index (χ4v) is 1.88. The molecule has 0 saturated heterocycles. The summed E-state index contributed by atoms with van der Waals surface area (Å²) < 4.78 is 11.0. The summed E-state index contributed by atoms with van der Waals surface area (Å²) in [7, 11) is 1.76. The standard InChI is InChI=1S/C15H25NO2/c1-13(12-15(2,3)17-4)16-10-11-18-14-8-6-5-7-9-14/h5-9,13,16H,10-12H2,1-4H3. The van der Waals surface area contributed by atoms with E-state index in [0.717, 1.165) is 18.7 Å². The smallest absolute Gasteiger partial charge is 0.119 e. The Kier molecular flexibility index (Phi) is 6.16. The summed E-state index contributed by atoms with van der Waals surface area (Å²) in [5.41, 5.74) is -0.0767. The summed E-state index contributed by atoms with van der Waals surface area (Å²) in [5, 5.41) is 3.44. The van der Waals surface area contributed by atoms with E-state index >= 15 is 0 Å². The van der Waals surface area contributed by atoms with E-state index in [9.17, 15) is 0 Å². The lowest BCUT2D eigenvalue weighted by Gasteiger charge is -2.27. The van der Waals surface area contributed by atoms with Crippen LogP contribution in [0.4, 0.5) is 0 Å². The summed E-state index contributed by atoms with van der Waals surface area (Å²) in [5.74, 6) is 0.921. The van der Waals surface area contributed by atoms with Crippen LogP contribution in [0.3, 0.4) is 0 Å². The average molecular weight is 251 g/mol. The first-order valence-corrected chi connectivity index (χ1v) is 6.50. The molecule has 3 nitrogen and oxygen atoms in total. The van der Waals surface area contributed by atoms with Crippen LogP contribution >= 0.6 is 0 Å². The summed E-state index contributed by atoms with van der Waals surface area (Å²) in [6.45, 7) is 7.90. The number of methoxy groups -OCH3 is 1. The van der Waals surface area contributed by atoms with Crippen LogP contribution in [0, 0.1) is 0 Å². The first-order chi connectivity index (χ1) is 8.53. The molecule has 1 unspecified atom stereocenters. The first kappa shape index (κ1) is 15.0. The molecule has 0 amide bonds. The fourth-order valence-electron chi connectivity index (χ4n) is 1.88. The molecule has 1 N–H and O–H groups in total. The Morgan fingerprint density at radius 2 is 1.89 bits per heavy atom. The Hall–Kier alpha value is -1.06. The lowest BCUT2D eigenvalue weighted by Crippen LogP contribution is -2.37. The maximum atomic E-state index is 5.62. The zero-order valence-corrected chi connectivity index (χ0v) is 11.9. The number of ether oxygens (including phenoxy) is 2. The van der Waals surface area contributed by atoms with Gasteiger partial charge in [0.15, 0.2) is 0 Å². The summed E-state index contributed by atoms with van der Waals surface area (Å²) in [6.07, 6.45) is 0.981. The van der Waals surface area contributed by atoms with Gasteiger partial charge in [-0.1, -0.05) is 18.2 Å². The second kappa shape index (κ2) is 7.39. The molecule has 0 bridgehead atoms. The van der Waals surface area contributed by atoms with Crippen molar-refractivity contribution in [1.82, 2.24) is 5.32 Å². The van der Waals surface area contributed by atoms with E-state index in [0.29, 0.717) is 12.6 Å².